The normalized spacial score (nSPS) is 14.5. The Hall–Kier alpha value is -3.27. The quantitative estimate of drug-likeness (QED) is 0.355. The van der Waals surface area contributed by atoms with Crippen LogP contribution in [-0.2, 0) is 6.42 Å². The van der Waals surface area contributed by atoms with Crippen molar-refractivity contribution in [2.24, 2.45) is 0 Å². The topological polar surface area (TPSA) is 51.8 Å². The highest BCUT2D eigenvalue weighted by atomic mass is 16.4. The number of aromatic nitrogens is 3. The van der Waals surface area contributed by atoms with Crippen LogP contribution in [0.1, 0.15) is 64.9 Å². The third kappa shape index (κ3) is 4.43. The number of aryl methyl sites for hydroxylation is 3. The molecule has 4 aromatic rings. The molecule has 1 aliphatic rings. The summed E-state index contributed by atoms with van der Waals surface area (Å²) in [5.74, 6) is 2.20. The summed E-state index contributed by atoms with van der Waals surface area (Å²) >= 11 is 0. The molecule has 0 N–H and O–H groups in total. The largest absolute Gasteiger partial charge is 0.420 e. The zero-order chi connectivity index (χ0) is 21.2. The van der Waals surface area contributed by atoms with Crippen LogP contribution in [0, 0.1) is 13.8 Å². The number of nitrogens with zero attached hydrogens (tertiary/aromatic N) is 3. The van der Waals surface area contributed by atoms with Crippen LogP contribution >= 0.6 is 0 Å². The lowest BCUT2D eigenvalue weighted by atomic mass is 9.84. The van der Waals surface area contributed by atoms with Crippen molar-refractivity contribution in [3.8, 4) is 11.5 Å². The zero-order valence-electron chi connectivity index (χ0n) is 18.1. The van der Waals surface area contributed by atoms with Gasteiger partial charge in [-0.3, -0.25) is 4.98 Å². The standard InChI is InChI=1S/C27H27N3O/c1-18-5-3-4-6-24(18)25(14-7-20-15-16-28-19(2)17-20)21-8-10-22(11-9-21)26-29-30-27(31-26)23-12-13-23/h3-6,8-11,15-17,23,25H,7,12-14H2,1-2H3/t25-/m1/s1. The Morgan fingerprint density at radius 2 is 1.77 bits per heavy atom. The summed E-state index contributed by atoms with van der Waals surface area (Å²) in [4.78, 5) is 4.33. The van der Waals surface area contributed by atoms with Crippen molar-refractivity contribution in [1.82, 2.24) is 15.2 Å². The molecule has 0 spiro atoms. The van der Waals surface area contributed by atoms with Gasteiger partial charge in [-0.05, 0) is 86.1 Å². The molecule has 1 aliphatic carbocycles. The van der Waals surface area contributed by atoms with Gasteiger partial charge in [0.15, 0.2) is 0 Å². The molecular weight excluding hydrogens is 382 g/mol. The average molecular weight is 410 g/mol. The van der Waals surface area contributed by atoms with E-state index in [1.165, 1.54) is 22.3 Å². The molecule has 1 atom stereocenters. The second kappa shape index (κ2) is 8.46. The molecule has 0 amide bonds. The van der Waals surface area contributed by atoms with Gasteiger partial charge in [0.2, 0.25) is 11.8 Å². The van der Waals surface area contributed by atoms with Gasteiger partial charge in [0, 0.05) is 29.3 Å². The summed E-state index contributed by atoms with van der Waals surface area (Å²) in [6.45, 7) is 4.25. The molecule has 0 radical (unpaired) electrons. The second-order valence-electron chi connectivity index (χ2n) is 8.60. The van der Waals surface area contributed by atoms with Crippen LogP contribution in [0.4, 0.5) is 0 Å². The molecule has 4 nitrogen and oxygen atoms in total. The Labute approximate surface area is 183 Å². The fraction of sp³-hybridized carbons (Fsp3) is 0.296. The van der Waals surface area contributed by atoms with Gasteiger partial charge in [0.05, 0.1) is 0 Å². The van der Waals surface area contributed by atoms with E-state index in [9.17, 15) is 0 Å². The lowest BCUT2D eigenvalue weighted by Gasteiger charge is -2.20. The van der Waals surface area contributed by atoms with E-state index in [4.69, 9.17) is 4.42 Å². The van der Waals surface area contributed by atoms with Gasteiger partial charge in [0.1, 0.15) is 0 Å². The van der Waals surface area contributed by atoms with Gasteiger partial charge in [-0.15, -0.1) is 10.2 Å². The summed E-state index contributed by atoms with van der Waals surface area (Å²) < 4.78 is 5.89. The number of benzene rings is 2. The first kappa shape index (κ1) is 19.7. The highest BCUT2D eigenvalue weighted by molar-refractivity contribution is 5.54. The van der Waals surface area contributed by atoms with Gasteiger partial charge < -0.3 is 4.42 Å². The van der Waals surface area contributed by atoms with Crippen LogP contribution < -0.4 is 0 Å². The van der Waals surface area contributed by atoms with Gasteiger partial charge in [-0.2, -0.15) is 0 Å². The van der Waals surface area contributed by atoms with Gasteiger partial charge >= 0.3 is 0 Å². The van der Waals surface area contributed by atoms with E-state index in [0.29, 0.717) is 17.7 Å². The van der Waals surface area contributed by atoms with E-state index in [1.54, 1.807) is 0 Å². The van der Waals surface area contributed by atoms with Gasteiger partial charge in [-0.25, -0.2) is 0 Å². The summed E-state index contributed by atoms with van der Waals surface area (Å²) in [6, 6.07) is 21.7. The fourth-order valence-corrected chi connectivity index (χ4v) is 4.25. The maximum atomic E-state index is 5.89. The Bertz CT molecular complexity index is 1180. The molecule has 2 aromatic heterocycles. The second-order valence-corrected chi connectivity index (χ2v) is 8.60. The van der Waals surface area contributed by atoms with Crippen LogP contribution in [0.2, 0.25) is 0 Å². The molecule has 0 unspecified atom stereocenters. The van der Waals surface area contributed by atoms with E-state index >= 15 is 0 Å². The SMILES string of the molecule is Cc1cc(CC[C@H](c2ccc(-c3nnc(C4CC4)o3)cc2)c2ccccc2C)ccn1. The number of hydrogen-bond acceptors (Lipinski definition) is 4. The minimum Gasteiger partial charge on any atom is -0.420 e. The van der Waals surface area contributed by atoms with Crippen LogP contribution in [0.25, 0.3) is 11.5 Å². The lowest BCUT2D eigenvalue weighted by Crippen LogP contribution is -2.05. The summed E-state index contributed by atoms with van der Waals surface area (Å²) in [5, 5.41) is 8.48. The van der Waals surface area contributed by atoms with E-state index < -0.39 is 0 Å². The molecule has 156 valence electrons. The van der Waals surface area contributed by atoms with Crippen LogP contribution in [0.3, 0.4) is 0 Å². The summed E-state index contributed by atoms with van der Waals surface area (Å²) in [6.07, 6.45) is 6.28. The zero-order valence-corrected chi connectivity index (χ0v) is 18.1. The Balaban J connectivity index is 1.41. The number of rotatable bonds is 7. The van der Waals surface area contributed by atoms with Crippen molar-refractivity contribution in [3.05, 3.63) is 101 Å². The Kier molecular flexibility index (Phi) is 5.37. The minimum atomic E-state index is 0.327. The minimum absolute atomic E-state index is 0.327. The molecule has 0 saturated heterocycles. The van der Waals surface area contributed by atoms with Crippen molar-refractivity contribution in [2.75, 3.05) is 0 Å². The molecule has 2 aromatic carbocycles. The van der Waals surface area contributed by atoms with E-state index in [0.717, 1.165) is 42.8 Å². The molecule has 31 heavy (non-hydrogen) atoms. The molecule has 2 heterocycles. The van der Waals surface area contributed by atoms with Gasteiger partial charge in [0.25, 0.3) is 0 Å². The van der Waals surface area contributed by atoms with Gasteiger partial charge in [-0.1, -0.05) is 36.4 Å². The summed E-state index contributed by atoms with van der Waals surface area (Å²) in [5.41, 5.74) is 7.41. The average Bonchev–Trinajstić information content (AvgIpc) is 3.52. The van der Waals surface area contributed by atoms with Crippen LogP contribution in [0.5, 0.6) is 0 Å². The first-order valence-corrected chi connectivity index (χ1v) is 11.1. The molecule has 1 saturated carbocycles. The van der Waals surface area contributed by atoms with E-state index in [1.807, 2.05) is 13.1 Å². The first-order chi connectivity index (χ1) is 15.2. The maximum Gasteiger partial charge on any atom is 0.247 e. The lowest BCUT2D eigenvalue weighted by molar-refractivity contribution is 0.508. The molecule has 5 rings (SSSR count). The van der Waals surface area contributed by atoms with Crippen molar-refractivity contribution in [1.29, 1.82) is 0 Å². The number of pyridine rings is 1. The van der Waals surface area contributed by atoms with Crippen LogP contribution in [-0.4, -0.2) is 15.2 Å². The molecule has 0 bridgehead atoms. The van der Waals surface area contributed by atoms with E-state index in [2.05, 4.69) is 82.8 Å². The molecular formula is C27H27N3O. The van der Waals surface area contributed by atoms with Crippen molar-refractivity contribution in [2.45, 2.75) is 51.4 Å². The highest BCUT2D eigenvalue weighted by Gasteiger charge is 2.29. The monoisotopic (exact) mass is 409 g/mol. The number of hydrogen-bond donors (Lipinski definition) is 0. The third-order valence-corrected chi connectivity index (χ3v) is 6.17. The maximum absolute atomic E-state index is 5.89. The smallest absolute Gasteiger partial charge is 0.247 e. The highest BCUT2D eigenvalue weighted by Crippen LogP contribution is 2.40. The molecule has 1 fully saturated rings. The van der Waals surface area contributed by atoms with Crippen molar-refractivity contribution in [3.63, 3.8) is 0 Å². The molecule has 4 heteroatoms. The summed E-state index contributed by atoms with van der Waals surface area (Å²) in [7, 11) is 0. The first-order valence-electron chi connectivity index (χ1n) is 11.1. The fourth-order valence-electron chi connectivity index (χ4n) is 4.25. The predicted octanol–water partition coefficient (Wildman–Crippen LogP) is 6.39. The molecule has 0 aliphatic heterocycles. The van der Waals surface area contributed by atoms with Crippen molar-refractivity contribution < 1.29 is 4.42 Å². The van der Waals surface area contributed by atoms with Crippen LogP contribution in [0.15, 0.2) is 71.3 Å². The third-order valence-electron chi connectivity index (χ3n) is 6.17. The Morgan fingerprint density at radius 3 is 2.52 bits per heavy atom. The Morgan fingerprint density at radius 1 is 0.968 bits per heavy atom. The van der Waals surface area contributed by atoms with Crippen molar-refractivity contribution >= 4 is 0 Å². The van der Waals surface area contributed by atoms with E-state index in [-0.39, 0.29) is 0 Å². The predicted molar refractivity (Wildman–Crippen MR) is 122 cm³/mol.